The smallest absolute Gasteiger partial charge is 0.302 e. The van der Waals surface area contributed by atoms with Crippen molar-refractivity contribution >= 4 is 5.97 Å². The van der Waals surface area contributed by atoms with Crippen molar-refractivity contribution in [3.8, 4) is 0 Å². The van der Waals surface area contributed by atoms with Gasteiger partial charge in [-0.3, -0.25) is 4.79 Å². The summed E-state index contributed by atoms with van der Waals surface area (Å²) in [4.78, 5) is 10.8. The summed E-state index contributed by atoms with van der Waals surface area (Å²) in [5.74, 6) is -0.155. The van der Waals surface area contributed by atoms with E-state index in [9.17, 15) is 4.79 Å². The molecule has 0 aliphatic heterocycles. The minimum atomic E-state index is -0.155. The summed E-state index contributed by atoms with van der Waals surface area (Å²) in [6, 6.07) is 0. The largest absolute Gasteiger partial charge is 0.463 e. The normalized spacial score (nSPS) is 12.3. The first-order valence-electron chi connectivity index (χ1n) is 9.34. The van der Waals surface area contributed by atoms with E-state index in [2.05, 4.69) is 6.92 Å². The van der Waals surface area contributed by atoms with Crippen LogP contribution < -0.4 is 0 Å². The first-order valence-corrected chi connectivity index (χ1v) is 9.34. The number of carbonyl (C=O) groups is 1. The Balaban J connectivity index is 3.07. The lowest BCUT2D eigenvalue weighted by Gasteiger charge is -2.11. The van der Waals surface area contributed by atoms with Crippen molar-refractivity contribution in [2.24, 2.45) is 0 Å². The number of hydrogen-bond acceptors (Lipinski definition) is 2. The van der Waals surface area contributed by atoms with E-state index in [0.717, 1.165) is 6.42 Å². The van der Waals surface area contributed by atoms with Crippen LogP contribution in [-0.2, 0) is 9.53 Å². The highest BCUT2D eigenvalue weighted by molar-refractivity contribution is 5.66. The van der Waals surface area contributed by atoms with Gasteiger partial charge in [0, 0.05) is 6.92 Å². The lowest BCUT2D eigenvalue weighted by atomic mass is 10.0. The minimum absolute atomic E-state index is 0.0928. The predicted octanol–water partition coefficient (Wildman–Crippen LogP) is 6.42. The molecule has 0 amide bonds. The fourth-order valence-electron chi connectivity index (χ4n) is 2.79. The molecule has 0 aromatic rings. The van der Waals surface area contributed by atoms with Crippen LogP contribution in [0.1, 0.15) is 111 Å². The molecule has 0 saturated carbocycles. The van der Waals surface area contributed by atoms with Crippen LogP contribution in [0.15, 0.2) is 0 Å². The van der Waals surface area contributed by atoms with Crippen LogP contribution in [0.4, 0.5) is 0 Å². The number of esters is 1. The zero-order valence-electron chi connectivity index (χ0n) is 14.8. The number of unbranched alkanes of at least 4 members (excludes halogenated alkanes) is 12. The van der Waals surface area contributed by atoms with Gasteiger partial charge in [-0.1, -0.05) is 84.0 Å². The van der Waals surface area contributed by atoms with E-state index in [1.165, 1.54) is 90.4 Å². The summed E-state index contributed by atoms with van der Waals surface area (Å²) < 4.78 is 5.12. The Labute approximate surface area is 133 Å². The lowest BCUT2D eigenvalue weighted by Crippen LogP contribution is -2.11. The first kappa shape index (κ1) is 20.5. The van der Waals surface area contributed by atoms with E-state index in [-0.39, 0.29) is 12.1 Å². The van der Waals surface area contributed by atoms with Crippen LogP contribution in [0, 0.1) is 0 Å². The standard InChI is InChI=1S/C19H38O2/c1-4-5-6-7-8-9-10-11-12-13-14-15-16-17-18(2)21-19(3)20/h18H,4-17H2,1-3H3. The van der Waals surface area contributed by atoms with Crippen molar-refractivity contribution in [3.05, 3.63) is 0 Å². The van der Waals surface area contributed by atoms with E-state index in [1.807, 2.05) is 6.92 Å². The Kier molecular flexibility index (Phi) is 15.5. The van der Waals surface area contributed by atoms with E-state index >= 15 is 0 Å². The van der Waals surface area contributed by atoms with Crippen molar-refractivity contribution in [3.63, 3.8) is 0 Å². The van der Waals surface area contributed by atoms with Gasteiger partial charge in [0.05, 0.1) is 6.10 Å². The molecule has 2 heteroatoms. The quantitative estimate of drug-likeness (QED) is 0.257. The van der Waals surface area contributed by atoms with Crippen LogP contribution in [-0.4, -0.2) is 12.1 Å². The van der Waals surface area contributed by atoms with Crippen molar-refractivity contribution in [1.29, 1.82) is 0 Å². The van der Waals surface area contributed by atoms with Gasteiger partial charge in [0.15, 0.2) is 0 Å². The number of ether oxygens (including phenoxy) is 1. The van der Waals surface area contributed by atoms with Gasteiger partial charge in [-0.05, 0) is 19.8 Å². The Morgan fingerprint density at radius 2 is 1.14 bits per heavy atom. The average Bonchev–Trinajstić information content (AvgIpc) is 2.43. The second kappa shape index (κ2) is 15.9. The molecule has 2 nitrogen and oxygen atoms in total. The highest BCUT2D eigenvalue weighted by Crippen LogP contribution is 2.13. The fourth-order valence-corrected chi connectivity index (χ4v) is 2.79. The number of rotatable bonds is 15. The second-order valence-corrected chi connectivity index (χ2v) is 6.45. The molecule has 0 aromatic heterocycles. The lowest BCUT2D eigenvalue weighted by molar-refractivity contribution is -0.145. The molecule has 0 saturated heterocycles. The average molecular weight is 299 g/mol. The van der Waals surface area contributed by atoms with Crippen molar-refractivity contribution in [1.82, 2.24) is 0 Å². The third kappa shape index (κ3) is 17.4. The fraction of sp³-hybridized carbons (Fsp3) is 0.947. The molecule has 0 N–H and O–H groups in total. The van der Waals surface area contributed by atoms with Gasteiger partial charge >= 0.3 is 5.97 Å². The second-order valence-electron chi connectivity index (χ2n) is 6.45. The summed E-state index contributed by atoms with van der Waals surface area (Å²) in [5, 5.41) is 0. The minimum Gasteiger partial charge on any atom is -0.463 e. The summed E-state index contributed by atoms with van der Waals surface area (Å²) in [5.41, 5.74) is 0. The summed E-state index contributed by atoms with van der Waals surface area (Å²) >= 11 is 0. The van der Waals surface area contributed by atoms with Crippen LogP contribution in [0.25, 0.3) is 0 Å². The summed E-state index contributed by atoms with van der Waals surface area (Å²) in [6.45, 7) is 5.75. The van der Waals surface area contributed by atoms with Crippen molar-refractivity contribution in [2.75, 3.05) is 0 Å². The molecule has 126 valence electrons. The predicted molar refractivity (Wildman–Crippen MR) is 91.5 cm³/mol. The van der Waals surface area contributed by atoms with Crippen molar-refractivity contribution < 1.29 is 9.53 Å². The van der Waals surface area contributed by atoms with Crippen molar-refractivity contribution in [2.45, 2.75) is 117 Å². The Hall–Kier alpha value is -0.530. The van der Waals surface area contributed by atoms with E-state index in [0.29, 0.717) is 0 Å². The van der Waals surface area contributed by atoms with Crippen LogP contribution in [0.5, 0.6) is 0 Å². The molecule has 0 fully saturated rings. The monoisotopic (exact) mass is 298 g/mol. The molecule has 0 heterocycles. The summed E-state index contributed by atoms with van der Waals surface area (Å²) in [7, 11) is 0. The Morgan fingerprint density at radius 3 is 1.52 bits per heavy atom. The molecule has 0 rings (SSSR count). The molecule has 1 unspecified atom stereocenters. The highest BCUT2D eigenvalue weighted by atomic mass is 16.5. The van der Waals surface area contributed by atoms with Gasteiger partial charge < -0.3 is 4.74 Å². The van der Waals surface area contributed by atoms with Gasteiger partial charge in [0.25, 0.3) is 0 Å². The molecule has 0 aliphatic rings. The summed E-state index contributed by atoms with van der Waals surface area (Å²) in [6.07, 6.45) is 19.0. The molecule has 0 radical (unpaired) electrons. The van der Waals surface area contributed by atoms with E-state index < -0.39 is 0 Å². The van der Waals surface area contributed by atoms with Gasteiger partial charge in [0.2, 0.25) is 0 Å². The molecule has 0 bridgehead atoms. The van der Waals surface area contributed by atoms with Crippen LogP contribution in [0.2, 0.25) is 0 Å². The molecular formula is C19H38O2. The third-order valence-corrected chi connectivity index (χ3v) is 4.08. The molecular weight excluding hydrogens is 260 g/mol. The van der Waals surface area contributed by atoms with Gasteiger partial charge in [0.1, 0.15) is 0 Å². The maximum atomic E-state index is 10.8. The first-order chi connectivity index (χ1) is 10.2. The molecule has 21 heavy (non-hydrogen) atoms. The van der Waals surface area contributed by atoms with Gasteiger partial charge in [-0.25, -0.2) is 0 Å². The Bertz CT molecular complexity index is 226. The van der Waals surface area contributed by atoms with Gasteiger partial charge in [-0.2, -0.15) is 0 Å². The molecule has 0 aliphatic carbocycles. The van der Waals surface area contributed by atoms with E-state index in [1.54, 1.807) is 0 Å². The number of carbonyl (C=O) groups excluding carboxylic acids is 1. The zero-order chi connectivity index (χ0) is 15.8. The van der Waals surface area contributed by atoms with Crippen LogP contribution >= 0.6 is 0 Å². The van der Waals surface area contributed by atoms with Gasteiger partial charge in [-0.15, -0.1) is 0 Å². The maximum Gasteiger partial charge on any atom is 0.302 e. The molecule has 0 spiro atoms. The van der Waals surface area contributed by atoms with E-state index in [4.69, 9.17) is 4.74 Å². The maximum absolute atomic E-state index is 10.8. The third-order valence-electron chi connectivity index (χ3n) is 4.08. The number of hydrogen-bond donors (Lipinski definition) is 0. The highest BCUT2D eigenvalue weighted by Gasteiger charge is 2.04. The Morgan fingerprint density at radius 1 is 0.762 bits per heavy atom. The molecule has 0 aromatic carbocycles. The SMILES string of the molecule is CCCCCCCCCCCCCCCC(C)OC(C)=O. The van der Waals surface area contributed by atoms with Crippen LogP contribution in [0.3, 0.4) is 0 Å². The zero-order valence-corrected chi connectivity index (χ0v) is 14.8. The molecule has 1 atom stereocenters. The topological polar surface area (TPSA) is 26.3 Å².